The molecule has 0 aromatic heterocycles. The van der Waals surface area contributed by atoms with Crippen molar-refractivity contribution in [2.45, 2.75) is 26.2 Å². The molecule has 1 aliphatic heterocycles. The Morgan fingerprint density at radius 1 is 1.00 bits per heavy atom. The molecule has 3 heteroatoms. The molecule has 0 fully saturated rings. The molecule has 21 heavy (non-hydrogen) atoms. The summed E-state index contributed by atoms with van der Waals surface area (Å²) in [7, 11) is 0. The number of amides is 2. The van der Waals surface area contributed by atoms with E-state index in [4.69, 9.17) is 0 Å². The van der Waals surface area contributed by atoms with Crippen LogP contribution in [0, 0.1) is 0 Å². The molecule has 0 atom stereocenters. The molecule has 3 rings (SSSR count). The lowest BCUT2D eigenvalue weighted by Crippen LogP contribution is -2.42. The summed E-state index contributed by atoms with van der Waals surface area (Å²) in [6.07, 6.45) is 0.272. The molecule has 0 aliphatic carbocycles. The van der Waals surface area contributed by atoms with E-state index in [2.05, 4.69) is 13.8 Å². The van der Waals surface area contributed by atoms with E-state index in [9.17, 15) is 9.59 Å². The molecular weight excluding hydrogens is 262 g/mol. The lowest BCUT2D eigenvalue weighted by atomic mass is 9.97. The lowest BCUT2D eigenvalue weighted by molar-refractivity contribution is -0.117. The Bertz CT molecular complexity index is 719. The quantitative estimate of drug-likeness (QED) is 0.788. The van der Waals surface area contributed by atoms with Gasteiger partial charge in [0.05, 0.1) is 12.1 Å². The SMILES string of the molecule is CC(C)c1cccc(N2C(=O)Cc3ccccc3C2=O)c1. The maximum atomic E-state index is 12.6. The average molecular weight is 279 g/mol. The van der Waals surface area contributed by atoms with Crippen molar-refractivity contribution in [3.05, 3.63) is 65.2 Å². The monoisotopic (exact) mass is 279 g/mol. The minimum absolute atomic E-state index is 0.167. The highest BCUT2D eigenvalue weighted by molar-refractivity contribution is 6.24. The van der Waals surface area contributed by atoms with Crippen LogP contribution in [0.25, 0.3) is 0 Å². The van der Waals surface area contributed by atoms with Crippen molar-refractivity contribution >= 4 is 17.5 Å². The largest absolute Gasteiger partial charge is 0.274 e. The molecular formula is C18H17NO2. The number of carbonyl (C=O) groups is 2. The minimum atomic E-state index is -0.234. The summed E-state index contributed by atoms with van der Waals surface area (Å²) in [5.41, 5.74) is 3.20. The molecule has 0 spiro atoms. The fourth-order valence-corrected chi connectivity index (χ4v) is 2.64. The van der Waals surface area contributed by atoms with Gasteiger partial charge in [0.15, 0.2) is 0 Å². The summed E-state index contributed by atoms with van der Waals surface area (Å²) in [4.78, 5) is 26.3. The first-order valence-corrected chi connectivity index (χ1v) is 7.13. The summed E-state index contributed by atoms with van der Waals surface area (Å²) in [5, 5.41) is 0. The van der Waals surface area contributed by atoms with Gasteiger partial charge in [-0.3, -0.25) is 9.59 Å². The molecule has 2 amide bonds. The van der Waals surface area contributed by atoms with Gasteiger partial charge in [-0.25, -0.2) is 4.90 Å². The van der Waals surface area contributed by atoms with Crippen LogP contribution in [0.5, 0.6) is 0 Å². The van der Waals surface area contributed by atoms with Crippen molar-refractivity contribution in [1.29, 1.82) is 0 Å². The van der Waals surface area contributed by atoms with Gasteiger partial charge < -0.3 is 0 Å². The number of benzene rings is 2. The highest BCUT2D eigenvalue weighted by atomic mass is 16.2. The summed E-state index contributed by atoms with van der Waals surface area (Å²) >= 11 is 0. The fourth-order valence-electron chi connectivity index (χ4n) is 2.64. The van der Waals surface area contributed by atoms with Crippen LogP contribution in [-0.2, 0) is 11.2 Å². The number of anilines is 1. The molecule has 0 unspecified atom stereocenters. The van der Waals surface area contributed by atoms with Gasteiger partial charge in [-0.05, 0) is 35.2 Å². The summed E-state index contributed by atoms with van der Waals surface area (Å²) < 4.78 is 0. The zero-order valence-electron chi connectivity index (χ0n) is 12.2. The van der Waals surface area contributed by atoms with Crippen molar-refractivity contribution in [3.63, 3.8) is 0 Å². The maximum Gasteiger partial charge on any atom is 0.265 e. The van der Waals surface area contributed by atoms with Gasteiger partial charge >= 0.3 is 0 Å². The Morgan fingerprint density at radius 2 is 1.76 bits per heavy atom. The molecule has 2 aromatic carbocycles. The van der Waals surface area contributed by atoms with Crippen LogP contribution in [0.2, 0.25) is 0 Å². The third-order valence-electron chi connectivity index (χ3n) is 3.84. The van der Waals surface area contributed by atoms with E-state index in [1.54, 1.807) is 6.07 Å². The van der Waals surface area contributed by atoms with Crippen molar-refractivity contribution in [1.82, 2.24) is 0 Å². The van der Waals surface area contributed by atoms with E-state index in [0.717, 1.165) is 11.1 Å². The van der Waals surface area contributed by atoms with Crippen molar-refractivity contribution < 1.29 is 9.59 Å². The number of imide groups is 1. The Hall–Kier alpha value is -2.42. The highest BCUT2D eigenvalue weighted by Gasteiger charge is 2.31. The molecule has 2 aromatic rings. The minimum Gasteiger partial charge on any atom is -0.274 e. The van der Waals surface area contributed by atoms with Crippen LogP contribution in [0.1, 0.15) is 41.3 Å². The van der Waals surface area contributed by atoms with Crippen LogP contribution >= 0.6 is 0 Å². The highest BCUT2D eigenvalue weighted by Crippen LogP contribution is 2.27. The van der Waals surface area contributed by atoms with E-state index in [-0.39, 0.29) is 18.2 Å². The van der Waals surface area contributed by atoms with Crippen LogP contribution < -0.4 is 4.90 Å². The zero-order chi connectivity index (χ0) is 15.0. The normalized spacial score (nSPS) is 14.5. The van der Waals surface area contributed by atoms with Gasteiger partial charge in [0.25, 0.3) is 5.91 Å². The van der Waals surface area contributed by atoms with Crippen LogP contribution in [-0.4, -0.2) is 11.8 Å². The molecule has 0 bridgehead atoms. The van der Waals surface area contributed by atoms with E-state index < -0.39 is 0 Å². The predicted octanol–water partition coefficient (Wildman–Crippen LogP) is 3.54. The fraction of sp³-hybridized carbons (Fsp3) is 0.222. The summed E-state index contributed by atoms with van der Waals surface area (Å²) in [6.45, 7) is 4.18. The van der Waals surface area contributed by atoms with Crippen LogP contribution in [0.3, 0.4) is 0 Å². The van der Waals surface area contributed by atoms with E-state index in [0.29, 0.717) is 17.2 Å². The summed E-state index contributed by atoms with van der Waals surface area (Å²) in [5.74, 6) is -0.0467. The second kappa shape index (κ2) is 5.17. The first kappa shape index (κ1) is 13.6. The predicted molar refractivity (Wildman–Crippen MR) is 82.5 cm³/mol. The standard InChI is InChI=1S/C18H17NO2/c1-12(2)13-7-5-8-15(10-13)19-17(20)11-14-6-3-4-9-16(14)18(19)21/h3-10,12H,11H2,1-2H3. The maximum absolute atomic E-state index is 12.6. The molecule has 0 saturated carbocycles. The van der Waals surface area contributed by atoms with Gasteiger partial charge in [0, 0.05) is 5.56 Å². The van der Waals surface area contributed by atoms with Crippen LogP contribution in [0.15, 0.2) is 48.5 Å². The van der Waals surface area contributed by atoms with Crippen molar-refractivity contribution in [2.24, 2.45) is 0 Å². The number of carbonyl (C=O) groups excluding carboxylic acids is 2. The third-order valence-corrected chi connectivity index (χ3v) is 3.84. The molecule has 3 nitrogen and oxygen atoms in total. The number of hydrogen-bond donors (Lipinski definition) is 0. The van der Waals surface area contributed by atoms with Crippen LogP contribution in [0.4, 0.5) is 5.69 Å². The van der Waals surface area contributed by atoms with Gasteiger partial charge in [-0.15, -0.1) is 0 Å². The van der Waals surface area contributed by atoms with Crippen molar-refractivity contribution in [3.8, 4) is 0 Å². The second-order valence-corrected chi connectivity index (χ2v) is 5.62. The number of rotatable bonds is 2. The van der Waals surface area contributed by atoms with Gasteiger partial charge in [0.1, 0.15) is 0 Å². The zero-order valence-corrected chi connectivity index (χ0v) is 12.2. The molecule has 106 valence electrons. The van der Waals surface area contributed by atoms with Crippen molar-refractivity contribution in [2.75, 3.05) is 4.90 Å². The number of fused-ring (bicyclic) bond motifs is 1. The van der Waals surface area contributed by atoms with Gasteiger partial charge in [-0.2, -0.15) is 0 Å². The second-order valence-electron chi connectivity index (χ2n) is 5.62. The smallest absolute Gasteiger partial charge is 0.265 e. The van der Waals surface area contributed by atoms with Gasteiger partial charge in [-0.1, -0.05) is 44.2 Å². The average Bonchev–Trinajstić information content (AvgIpc) is 2.47. The Kier molecular flexibility index (Phi) is 3.34. The van der Waals surface area contributed by atoms with E-state index in [1.807, 2.05) is 42.5 Å². The topological polar surface area (TPSA) is 37.4 Å². The molecule has 0 N–H and O–H groups in total. The summed E-state index contributed by atoms with van der Waals surface area (Å²) in [6, 6.07) is 15.0. The first-order chi connectivity index (χ1) is 10.1. The number of nitrogens with zero attached hydrogens (tertiary/aromatic N) is 1. The lowest BCUT2D eigenvalue weighted by Gasteiger charge is -2.27. The molecule has 1 heterocycles. The Balaban J connectivity index is 2.05. The van der Waals surface area contributed by atoms with E-state index >= 15 is 0 Å². The molecule has 0 radical (unpaired) electrons. The van der Waals surface area contributed by atoms with E-state index in [1.165, 1.54) is 4.90 Å². The molecule has 1 aliphatic rings. The number of hydrogen-bond acceptors (Lipinski definition) is 2. The van der Waals surface area contributed by atoms with Gasteiger partial charge in [0.2, 0.25) is 5.91 Å². The molecule has 0 saturated heterocycles. The third kappa shape index (κ3) is 2.35. The Labute approximate surface area is 124 Å². The Morgan fingerprint density at radius 3 is 2.52 bits per heavy atom. The first-order valence-electron chi connectivity index (χ1n) is 7.13.